The van der Waals surface area contributed by atoms with E-state index in [0.717, 1.165) is 49.6 Å². The van der Waals surface area contributed by atoms with E-state index in [4.69, 9.17) is 4.74 Å². The Morgan fingerprint density at radius 2 is 2.11 bits per heavy atom. The fourth-order valence-electron chi connectivity index (χ4n) is 2.36. The van der Waals surface area contributed by atoms with E-state index < -0.39 is 0 Å². The van der Waals surface area contributed by atoms with Crippen LogP contribution in [0.5, 0.6) is 0 Å². The Balaban J connectivity index is 2.14. The van der Waals surface area contributed by atoms with Crippen molar-refractivity contribution >= 4 is 11.6 Å². The molecule has 5 heteroatoms. The average molecular weight is 264 g/mol. The second kappa shape index (κ2) is 6.70. The van der Waals surface area contributed by atoms with Crippen LogP contribution in [0.25, 0.3) is 0 Å². The molecule has 0 radical (unpaired) electrons. The molecule has 2 N–H and O–H groups in total. The number of nitrogens with zero attached hydrogens (tertiary/aromatic N) is 2. The van der Waals surface area contributed by atoms with Crippen molar-refractivity contribution in [2.75, 3.05) is 23.8 Å². The first-order valence-electron chi connectivity index (χ1n) is 7.22. The van der Waals surface area contributed by atoms with Crippen LogP contribution in [0.3, 0.4) is 0 Å². The molecule has 1 fully saturated rings. The third kappa shape index (κ3) is 3.35. The van der Waals surface area contributed by atoms with Gasteiger partial charge in [-0.15, -0.1) is 0 Å². The third-order valence-electron chi connectivity index (χ3n) is 3.54. The highest BCUT2D eigenvalue weighted by Gasteiger charge is 2.25. The van der Waals surface area contributed by atoms with E-state index in [2.05, 4.69) is 41.4 Å². The minimum Gasteiger partial charge on any atom is -0.376 e. The Kier molecular flexibility index (Phi) is 4.96. The van der Waals surface area contributed by atoms with Gasteiger partial charge in [0.15, 0.2) is 0 Å². The largest absolute Gasteiger partial charge is 0.376 e. The highest BCUT2D eigenvalue weighted by atomic mass is 16.5. The van der Waals surface area contributed by atoms with Crippen molar-refractivity contribution in [1.29, 1.82) is 0 Å². The fraction of sp³-hybridized carbons (Fsp3) is 0.714. The number of ether oxygens (including phenoxy) is 1. The molecule has 2 unspecified atom stereocenters. The summed E-state index contributed by atoms with van der Waals surface area (Å²) in [5.74, 6) is 1.90. The molecule has 2 rings (SSSR count). The number of hydrogen-bond acceptors (Lipinski definition) is 5. The zero-order chi connectivity index (χ0) is 13.7. The van der Waals surface area contributed by atoms with Crippen LogP contribution < -0.4 is 10.6 Å². The van der Waals surface area contributed by atoms with Crippen molar-refractivity contribution in [2.45, 2.75) is 52.2 Å². The molecule has 0 aromatic carbocycles. The van der Waals surface area contributed by atoms with Crippen LogP contribution in [0.15, 0.2) is 6.33 Å². The molecular weight excluding hydrogens is 240 g/mol. The first-order chi connectivity index (χ1) is 9.26. The van der Waals surface area contributed by atoms with Crippen LogP contribution >= 0.6 is 0 Å². The molecule has 5 nitrogen and oxygen atoms in total. The monoisotopic (exact) mass is 264 g/mol. The number of aromatic nitrogens is 2. The Morgan fingerprint density at radius 1 is 1.32 bits per heavy atom. The van der Waals surface area contributed by atoms with Gasteiger partial charge in [-0.05, 0) is 26.2 Å². The lowest BCUT2D eigenvalue weighted by atomic mass is 10.1. The van der Waals surface area contributed by atoms with Crippen molar-refractivity contribution in [3.05, 3.63) is 11.9 Å². The minimum atomic E-state index is 0.242. The summed E-state index contributed by atoms with van der Waals surface area (Å²) in [4.78, 5) is 8.75. The van der Waals surface area contributed by atoms with Crippen LogP contribution in [-0.2, 0) is 11.2 Å². The Labute approximate surface area is 115 Å². The minimum absolute atomic E-state index is 0.242. The predicted molar refractivity (Wildman–Crippen MR) is 77.6 cm³/mol. The molecule has 1 aromatic heterocycles. The van der Waals surface area contributed by atoms with Gasteiger partial charge in [0.05, 0.1) is 12.1 Å². The predicted octanol–water partition coefficient (Wildman–Crippen LogP) is 2.45. The Bertz CT molecular complexity index is 410. The number of rotatable bonds is 6. The van der Waals surface area contributed by atoms with Gasteiger partial charge in [0, 0.05) is 18.7 Å². The average Bonchev–Trinajstić information content (AvgIpc) is 2.82. The van der Waals surface area contributed by atoms with Crippen molar-refractivity contribution in [2.24, 2.45) is 0 Å². The molecule has 0 saturated carbocycles. The van der Waals surface area contributed by atoms with Crippen LogP contribution in [0, 0.1) is 0 Å². The topological polar surface area (TPSA) is 59.1 Å². The lowest BCUT2D eigenvalue weighted by Crippen LogP contribution is -2.28. The van der Waals surface area contributed by atoms with E-state index >= 15 is 0 Å². The maximum Gasteiger partial charge on any atom is 0.135 e. The van der Waals surface area contributed by atoms with Crippen LogP contribution in [0.2, 0.25) is 0 Å². The summed E-state index contributed by atoms with van der Waals surface area (Å²) in [7, 11) is 0. The summed E-state index contributed by atoms with van der Waals surface area (Å²) >= 11 is 0. The van der Waals surface area contributed by atoms with Crippen molar-refractivity contribution in [1.82, 2.24) is 9.97 Å². The SMILES string of the molecule is CCCNc1ncnc(NC2CCOC2C)c1CC. The standard InChI is InChI=1S/C14H24N4O/c1-4-7-15-13-11(5-2)14(17-9-16-13)18-12-6-8-19-10(12)3/h9-10,12H,4-8H2,1-3H3,(H2,15,16,17,18). The normalized spacial score (nSPS) is 22.5. The fourth-order valence-corrected chi connectivity index (χ4v) is 2.36. The molecule has 1 aliphatic rings. The maximum atomic E-state index is 5.58. The maximum absolute atomic E-state index is 5.58. The van der Waals surface area contributed by atoms with Gasteiger partial charge in [0.25, 0.3) is 0 Å². The molecule has 1 saturated heterocycles. The van der Waals surface area contributed by atoms with Gasteiger partial charge in [-0.25, -0.2) is 9.97 Å². The molecular formula is C14H24N4O. The molecule has 0 aliphatic carbocycles. The summed E-state index contributed by atoms with van der Waals surface area (Å²) in [6, 6.07) is 0.347. The molecule has 0 amide bonds. The molecule has 106 valence electrons. The van der Waals surface area contributed by atoms with Crippen molar-refractivity contribution < 1.29 is 4.74 Å². The first-order valence-corrected chi connectivity index (χ1v) is 7.22. The van der Waals surface area contributed by atoms with Gasteiger partial charge in [-0.3, -0.25) is 0 Å². The van der Waals surface area contributed by atoms with Gasteiger partial charge < -0.3 is 15.4 Å². The quantitative estimate of drug-likeness (QED) is 0.826. The third-order valence-corrected chi connectivity index (χ3v) is 3.54. The van der Waals surface area contributed by atoms with E-state index in [0.29, 0.717) is 6.04 Å². The summed E-state index contributed by atoms with van der Waals surface area (Å²) in [5, 5.41) is 6.88. The molecule has 2 atom stereocenters. The molecule has 19 heavy (non-hydrogen) atoms. The first kappa shape index (κ1) is 14.1. The summed E-state index contributed by atoms with van der Waals surface area (Å²) < 4.78 is 5.58. The van der Waals surface area contributed by atoms with E-state index in [-0.39, 0.29) is 6.10 Å². The lowest BCUT2D eigenvalue weighted by Gasteiger charge is -2.20. The summed E-state index contributed by atoms with van der Waals surface area (Å²) in [6.45, 7) is 8.15. The lowest BCUT2D eigenvalue weighted by molar-refractivity contribution is 0.121. The number of hydrogen-bond donors (Lipinski definition) is 2. The molecule has 1 aromatic rings. The van der Waals surface area contributed by atoms with E-state index in [9.17, 15) is 0 Å². The van der Waals surface area contributed by atoms with Crippen LogP contribution in [0.4, 0.5) is 11.6 Å². The van der Waals surface area contributed by atoms with Crippen LogP contribution in [-0.4, -0.2) is 35.3 Å². The zero-order valence-corrected chi connectivity index (χ0v) is 12.1. The second-order valence-corrected chi connectivity index (χ2v) is 4.95. The van der Waals surface area contributed by atoms with Crippen LogP contribution in [0.1, 0.15) is 39.2 Å². The molecule has 0 bridgehead atoms. The van der Waals surface area contributed by atoms with Gasteiger partial charge in [0.1, 0.15) is 18.0 Å². The second-order valence-electron chi connectivity index (χ2n) is 4.95. The molecule has 2 heterocycles. The Morgan fingerprint density at radius 3 is 2.74 bits per heavy atom. The highest BCUT2D eigenvalue weighted by Crippen LogP contribution is 2.24. The van der Waals surface area contributed by atoms with Gasteiger partial charge in [-0.2, -0.15) is 0 Å². The van der Waals surface area contributed by atoms with Gasteiger partial charge >= 0.3 is 0 Å². The van der Waals surface area contributed by atoms with Gasteiger partial charge in [0.2, 0.25) is 0 Å². The molecule has 1 aliphatic heterocycles. The smallest absolute Gasteiger partial charge is 0.135 e. The number of anilines is 2. The van der Waals surface area contributed by atoms with Crippen molar-refractivity contribution in [3.63, 3.8) is 0 Å². The summed E-state index contributed by atoms with van der Waals surface area (Å²) in [6.07, 6.45) is 4.90. The van der Waals surface area contributed by atoms with E-state index in [1.165, 1.54) is 0 Å². The van der Waals surface area contributed by atoms with E-state index in [1.54, 1.807) is 6.33 Å². The van der Waals surface area contributed by atoms with Gasteiger partial charge in [-0.1, -0.05) is 13.8 Å². The molecule has 0 spiro atoms. The van der Waals surface area contributed by atoms with Crippen molar-refractivity contribution in [3.8, 4) is 0 Å². The van der Waals surface area contributed by atoms with E-state index in [1.807, 2.05) is 0 Å². The highest BCUT2D eigenvalue weighted by molar-refractivity contribution is 5.57. The zero-order valence-electron chi connectivity index (χ0n) is 12.1. The number of nitrogens with one attached hydrogen (secondary N) is 2. The Hall–Kier alpha value is -1.36. The summed E-state index contributed by atoms with van der Waals surface area (Å²) in [5.41, 5.74) is 1.16.